The number of nitrogens with two attached hydrogens (primary N) is 1. The third-order valence-electron chi connectivity index (χ3n) is 3.82. The molecule has 1 atom stereocenters. The van der Waals surface area contributed by atoms with Crippen LogP contribution in [0.25, 0.3) is 0 Å². The molecular formula is C14H28ClN5. The fourth-order valence-corrected chi connectivity index (χ4v) is 2.63. The fourth-order valence-electron chi connectivity index (χ4n) is 2.42. The number of hydrogen-bond acceptors (Lipinski definition) is 4. The van der Waals surface area contributed by atoms with Gasteiger partial charge in [-0.1, -0.05) is 25.4 Å². The van der Waals surface area contributed by atoms with Crippen LogP contribution < -0.4 is 11.3 Å². The lowest BCUT2D eigenvalue weighted by Gasteiger charge is -2.22. The van der Waals surface area contributed by atoms with E-state index in [4.69, 9.17) is 17.4 Å². The second-order valence-corrected chi connectivity index (χ2v) is 5.42. The van der Waals surface area contributed by atoms with Crippen LogP contribution in [-0.4, -0.2) is 40.4 Å². The summed E-state index contributed by atoms with van der Waals surface area (Å²) in [5, 5.41) is 5.22. The van der Waals surface area contributed by atoms with E-state index in [1.807, 2.05) is 11.6 Å². The van der Waals surface area contributed by atoms with Crippen molar-refractivity contribution in [2.75, 3.05) is 19.6 Å². The highest BCUT2D eigenvalue weighted by Crippen LogP contribution is 2.22. The molecule has 1 aromatic heterocycles. The zero-order valence-corrected chi connectivity index (χ0v) is 13.9. The van der Waals surface area contributed by atoms with Gasteiger partial charge in [-0.05, 0) is 39.9 Å². The molecule has 0 aliphatic carbocycles. The minimum absolute atomic E-state index is 0.217. The van der Waals surface area contributed by atoms with Crippen LogP contribution in [-0.2, 0) is 13.0 Å². The van der Waals surface area contributed by atoms with Gasteiger partial charge in [-0.25, -0.2) is 0 Å². The van der Waals surface area contributed by atoms with E-state index < -0.39 is 0 Å². The topological polar surface area (TPSA) is 59.1 Å². The number of hydrazine groups is 1. The molecule has 0 spiro atoms. The highest BCUT2D eigenvalue weighted by Gasteiger charge is 2.17. The quantitative estimate of drug-likeness (QED) is 0.541. The Hall–Kier alpha value is -0.620. The van der Waals surface area contributed by atoms with Crippen molar-refractivity contribution in [2.24, 2.45) is 5.84 Å². The number of nitrogens with zero attached hydrogens (tertiary/aromatic N) is 3. The maximum absolute atomic E-state index is 6.35. The molecule has 0 fully saturated rings. The van der Waals surface area contributed by atoms with E-state index in [1.54, 1.807) is 0 Å². The van der Waals surface area contributed by atoms with Gasteiger partial charge in [-0.3, -0.25) is 16.0 Å². The maximum atomic E-state index is 6.35. The van der Waals surface area contributed by atoms with Gasteiger partial charge in [0.2, 0.25) is 0 Å². The molecule has 6 heteroatoms. The highest BCUT2D eigenvalue weighted by atomic mass is 35.5. The van der Waals surface area contributed by atoms with Gasteiger partial charge >= 0.3 is 0 Å². The van der Waals surface area contributed by atoms with Crippen molar-refractivity contribution >= 4 is 11.6 Å². The van der Waals surface area contributed by atoms with Crippen LogP contribution in [0.15, 0.2) is 0 Å². The standard InChI is InChI=1S/C14H28ClN5/c1-5-19(6-2)9-8-12(17-16)10-13-14(15)11(4)18-20(13)7-3/h12,17H,5-10,16H2,1-4H3. The van der Waals surface area contributed by atoms with E-state index in [0.29, 0.717) is 0 Å². The summed E-state index contributed by atoms with van der Waals surface area (Å²) in [6.07, 6.45) is 1.81. The van der Waals surface area contributed by atoms with Gasteiger partial charge in [-0.15, -0.1) is 0 Å². The molecule has 0 aliphatic rings. The van der Waals surface area contributed by atoms with Crippen LogP contribution in [0.4, 0.5) is 0 Å². The Morgan fingerprint density at radius 1 is 1.35 bits per heavy atom. The van der Waals surface area contributed by atoms with Crippen molar-refractivity contribution in [1.29, 1.82) is 0 Å². The van der Waals surface area contributed by atoms with Crippen molar-refractivity contribution in [3.63, 3.8) is 0 Å². The Labute approximate surface area is 127 Å². The summed E-state index contributed by atoms with van der Waals surface area (Å²) < 4.78 is 1.97. The first-order valence-electron chi connectivity index (χ1n) is 7.47. The van der Waals surface area contributed by atoms with Crippen molar-refractivity contribution < 1.29 is 0 Å². The first-order chi connectivity index (χ1) is 9.57. The predicted octanol–water partition coefficient (Wildman–Crippen LogP) is 1.97. The third-order valence-corrected chi connectivity index (χ3v) is 4.31. The normalized spacial score (nSPS) is 13.2. The van der Waals surface area contributed by atoms with Crippen LogP contribution in [0, 0.1) is 6.92 Å². The number of rotatable bonds is 9. The molecule has 0 aromatic carbocycles. The molecule has 1 aromatic rings. The first kappa shape index (κ1) is 17.4. The van der Waals surface area contributed by atoms with Gasteiger partial charge in [0.25, 0.3) is 0 Å². The maximum Gasteiger partial charge on any atom is 0.0847 e. The molecule has 0 saturated carbocycles. The molecule has 116 valence electrons. The number of aromatic nitrogens is 2. The smallest absolute Gasteiger partial charge is 0.0847 e. The minimum atomic E-state index is 0.217. The van der Waals surface area contributed by atoms with Gasteiger partial charge in [0.1, 0.15) is 0 Å². The molecule has 0 aliphatic heterocycles. The Kier molecular flexibility index (Phi) is 7.51. The Balaban J connectivity index is 2.68. The highest BCUT2D eigenvalue weighted by molar-refractivity contribution is 6.31. The van der Waals surface area contributed by atoms with Crippen LogP contribution in [0.2, 0.25) is 5.02 Å². The number of aryl methyl sites for hydroxylation is 2. The summed E-state index contributed by atoms with van der Waals surface area (Å²) in [5.74, 6) is 5.70. The summed E-state index contributed by atoms with van der Waals surface area (Å²) in [6, 6.07) is 0.217. The Bertz CT molecular complexity index is 401. The molecule has 20 heavy (non-hydrogen) atoms. The summed E-state index contributed by atoms with van der Waals surface area (Å²) in [5.41, 5.74) is 4.89. The largest absolute Gasteiger partial charge is 0.304 e. The number of halogens is 1. The molecule has 5 nitrogen and oxygen atoms in total. The molecule has 0 radical (unpaired) electrons. The second kappa shape index (κ2) is 8.62. The van der Waals surface area contributed by atoms with Crippen molar-refractivity contribution in [1.82, 2.24) is 20.1 Å². The Morgan fingerprint density at radius 2 is 2.00 bits per heavy atom. The van der Waals surface area contributed by atoms with Crippen LogP contribution in [0.1, 0.15) is 38.6 Å². The molecule has 3 N–H and O–H groups in total. The Morgan fingerprint density at radius 3 is 2.50 bits per heavy atom. The first-order valence-corrected chi connectivity index (χ1v) is 7.85. The molecular weight excluding hydrogens is 274 g/mol. The summed E-state index contributed by atoms with van der Waals surface area (Å²) in [7, 11) is 0. The fraction of sp³-hybridized carbons (Fsp3) is 0.786. The molecule has 0 bridgehead atoms. The zero-order valence-electron chi connectivity index (χ0n) is 13.1. The lowest BCUT2D eigenvalue weighted by molar-refractivity contribution is 0.280. The van der Waals surface area contributed by atoms with Gasteiger partial charge in [0.05, 0.1) is 16.4 Å². The minimum Gasteiger partial charge on any atom is -0.304 e. The summed E-state index contributed by atoms with van der Waals surface area (Å²) >= 11 is 6.35. The van der Waals surface area contributed by atoms with E-state index >= 15 is 0 Å². The third kappa shape index (κ3) is 4.45. The van der Waals surface area contributed by atoms with Gasteiger partial charge in [0.15, 0.2) is 0 Å². The van der Waals surface area contributed by atoms with Gasteiger partial charge < -0.3 is 4.90 Å². The van der Waals surface area contributed by atoms with Crippen LogP contribution >= 0.6 is 11.6 Å². The lowest BCUT2D eigenvalue weighted by Crippen LogP contribution is -2.40. The van der Waals surface area contributed by atoms with Crippen molar-refractivity contribution in [2.45, 2.75) is 53.1 Å². The van der Waals surface area contributed by atoms with E-state index in [9.17, 15) is 0 Å². The van der Waals surface area contributed by atoms with Gasteiger partial charge in [0, 0.05) is 19.0 Å². The van der Waals surface area contributed by atoms with E-state index in [1.165, 1.54) is 0 Å². The number of hydrogen-bond donors (Lipinski definition) is 2. The zero-order chi connectivity index (χ0) is 15.1. The molecule has 1 heterocycles. The predicted molar refractivity (Wildman–Crippen MR) is 84.9 cm³/mol. The van der Waals surface area contributed by atoms with E-state index in [2.05, 4.69) is 36.2 Å². The number of nitrogens with one attached hydrogen (secondary N) is 1. The second-order valence-electron chi connectivity index (χ2n) is 5.05. The summed E-state index contributed by atoms with van der Waals surface area (Å²) in [6.45, 7) is 12.4. The molecule has 0 amide bonds. The monoisotopic (exact) mass is 301 g/mol. The molecule has 0 saturated heterocycles. The summed E-state index contributed by atoms with van der Waals surface area (Å²) in [4.78, 5) is 2.40. The van der Waals surface area contributed by atoms with E-state index in [-0.39, 0.29) is 6.04 Å². The van der Waals surface area contributed by atoms with Crippen LogP contribution in [0.5, 0.6) is 0 Å². The average molecular weight is 302 g/mol. The van der Waals surface area contributed by atoms with Crippen LogP contribution in [0.3, 0.4) is 0 Å². The lowest BCUT2D eigenvalue weighted by atomic mass is 10.1. The van der Waals surface area contributed by atoms with Gasteiger partial charge in [-0.2, -0.15) is 5.10 Å². The molecule has 1 rings (SSSR count). The SMILES string of the molecule is CCN(CC)CCC(Cc1c(Cl)c(C)nn1CC)NN. The van der Waals surface area contributed by atoms with Crippen molar-refractivity contribution in [3.05, 3.63) is 16.4 Å². The molecule has 1 unspecified atom stereocenters. The van der Waals surface area contributed by atoms with E-state index in [0.717, 1.165) is 55.4 Å². The average Bonchev–Trinajstić information content (AvgIpc) is 2.74. The van der Waals surface area contributed by atoms with Crippen molar-refractivity contribution in [3.8, 4) is 0 Å².